The fourth-order valence-corrected chi connectivity index (χ4v) is 4.70. The van der Waals surface area contributed by atoms with E-state index in [0.29, 0.717) is 6.54 Å². The van der Waals surface area contributed by atoms with Crippen molar-refractivity contribution in [2.75, 3.05) is 18.0 Å². The number of benzene rings is 1. The third-order valence-corrected chi connectivity index (χ3v) is 6.16. The van der Waals surface area contributed by atoms with Gasteiger partial charge in [-0.25, -0.2) is 15.0 Å². The topological polar surface area (TPSA) is 62.2 Å². The summed E-state index contributed by atoms with van der Waals surface area (Å²) in [7, 11) is 0. The Morgan fingerprint density at radius 2 is 2.04 bits per heavy atom. The number of nitrogens with zero attached hydrogens (tertiary/aromatic N) is 5. The minimum atomic E-state index is 0.109. The van der Waals surface area contributed by atoms with Gasteiger partial charge < -0.3 is 9.80 Å². The van der Waals surface area contributed by atoms with Gasteiger partial charge in [0.25, 0.3) is 0 Å². The van der Waals surface area contributed by atoms with E-state index in [0.717, 1.165) is 48.6 Å². The molecule has 0 bridgehead atoms. The van der Waals surface area contributed by atoms with Crippen LogP contribution >= 0.6 is 11.3 Å². The molecule has 1 fully saturated rings. The van der Waals surface area contributed by atoms with Crippen molar-refractivity contribution in [3.05, 3.63) is 48.5 Å². The standard InChI is InChI=1S/C20H23N5OS/c1-15(26)25(13-16-11-21-14-22-12-16)17-5-4-9-24(10-8-17)20-23-18-6-2-3-7-19(18)27-20/h2-3,6-7,11-12,14,17H,4-5,8-10,13H2,1H3. The number of para-hydroxylation sites is 1. The first-order valence-electron chi connectivity index (χ1n) is 9.32. The van der Waals surface area contributed by atoms with Crippen molar-refractivity contribution in [2.45, 2.75) is 38.8 Å². The molecule has 1 unspecified atom stereocenters. The Morgan fingerprint density at radius 1 is 1.22 bits per heavy atom. The van der Waals surface area contributed by atoms with E-state index in [2.05, 4.69) is 33.1 Å². The lowest BCUT2D eigenvalue weighted by Gasteiger charge is -2.30. The Balaban J connectivity index is 1.47. The molecule has 3 heterocycles. The lowest BCUT2D eigenvalue weighted by Crippen LogP contribution is -2.39. The molecule has 0 saturated carbocycles. The summed E-state index contributed by atoms with van der Waals surface area (Å²) in [5.41, 5.74) is 2.03. The lowest BCUT2D eigenvalue weighted by molar-refractivity contribution is -0.132. The summed E-state index contributed by atoms with van der Waals surface area (Å²) in [5, 5.41) is 1.09. The van der Waals surface area contributed by atoms with E-state index in [1.54, 1.807) is 30.7 Å². The zero-order valence-corrected chi connectivity index (χ0v) is 16.2. The minimum absolute atomic E-state index is 0.109. The monoisotopic (exact) mass is 381 g/mol. The summed E-state index contributed by atoms with van der Waals surface area (Å²) in [6, 6.07) is 8.51. The summed E-state index contributed by atoms with van der Waals surface area (Å²) in [4.78, 5) is 29.6. The zero-order valence-electron chi connectivity index (χ0n) is 15.4. The molecule has 27 heavy (non-hydrogen) atoms. The Bertz CT molecular complexity index is 880. The molecule has 0 spiro atoms. The van der Waals surface area contributed by atoms with E-state index >= 15 is 0 Å². The molecule has 0 aliphatic carbocycles. The van der Waals surface area contributed by atoms with Crippen LogP contribution in [0.2, 0.25) is 0 Å². The molecule has 1 atom stereocenters. The van der Waals surface area contributed by atoms with Crippen LogP contribution in [0.1, 0.15) is 31.7 Å². The summed E-state index contributed by atoms with van der Waals surface area (Å²) >= 11 is 1.75. The highest BCUT2D eigenvalue weighted by molar-refractivity contribution is 7.22. The normalized spacial score (nSPS) is 17.7. The molecule has 1 saturated heterocycles. The molecule has 1 aliphatic rings. The van der Waals surface area contributed by atoms with Gasteiger partial charge in [0.05, 0.1) is 10.2 Å². The van der Waals surface area contributed by atoms with E-state index in [4.69, 9.17) is 4.98 Å². The van der Waals surface area contributed by atoms with Gasteiger partial charge in [-0.15, -0.1) is 0 Å². The number of fused-ring (bicyclic) bond motifs is 1. The molecule has 3 aromatic rings. The quantitative estimate of drug-likeness (QED) is 0.692. The predicted octanol–water partition coefficient (Wildman–Crippen LogP) is 3.49. The molecule has 2 aromatic heterocycles. The fraction of sp³-hybridized carbons (Fsp3) is 0.400. The summed E-state index contributed by atoms with van der Waals surface area (Å²) in [5.74, 6) is 0.109. The average Bonchev–Trinajstić information content (AvgIpc) is 2.97. The SMILES string of the molecule is CC(=O)N(Cc1cncnc1)C1CCCN(c2nc3ccccc3s2)CC1. The third-order valence-electron chi connectivity index (χ3n) is 5.06. The highest BCUT2D eigenvalue weighted by Gasteiger charge is 2.26. The number of aromatic nitrogens is 3. The van der Waals surface area contributed by atoms with Gasteiger partial charge in [0.2, 0.25) is 5.91 Å². The lowest BCUT2D eigenvalue weighted by atomic mass is 10.1. The first kappa shape index (κ1) is 17.9. The van der Waals surface area contributed by atoms with Gasteiger partial charge in [-0.05, 0) is 31.4 Å². The van der Waals surface area contributed by atoms with Gasteiger partial charge >= 0.3 is 0 Å². The van der Waals surface area contributed by atoms with Crippen molar-refractivity contribution in [3.8, 4) is 0 Å². The zero-order chi connectivity index (χ0) is 18.6. The molecule has 0 N–H and O–H groups in total. The third kappa shape index (κ3) is 4.08. The molecule has 1 amide bonds. The van der Waals surface area contributed by atoms with Gasteiger partial charge in [0, 0.05) is 50.6 Å². The van der Waals surface area contributed by atoms with Crippen molar-refractivity contribution in [1.82, 2.24) is 19.9 Å². The Hall–Kier alpha value is -2.54. The van der Waals surface area contributed by atoms with E-state index in [1.165, 1.54) is 11.0 Å². The molecule has 140 valence electrons. The Kier molecular flexibility index (Phi) is 5.29. The van der Waals surface area contributed by atoms with E-state index in [-0.39, 0.29) is 11.9 Å². The maximum absolute atomic E-state index is 12.3. The van der Waals surface area contributed by atoms with Crippen molar-refractivity contribution in [3.63, 3.8) is 0 Å². The number of thiazole rings is 1. The van der Waals surface area contributed by atoms with Crippen LogP contribution in [0.4, 0.5) is 5.13 Å². The second kappa shape index (κ2) is 8.00. The number of carbonyl (C=O) groups excluding carboxylic acids is 1. The number of hydrogen-bond donors (Lipinski definition) is 0. The fourth-order valence-electron chi connectivity index (χ4n) is 3.68. The molecular weight excluding hydrogens is 358 g/mol. The van der Waals surface area contributed by atoms with Crippen LogP contribution in [0.5, 0.6) is 0 Å². The second-order valence-electron chi connectivity index (χ2n) is 6.93. The van der Waals surface area contributed by atoms with Crippen molar-refractivity contribution in [1.29, 1.82) is 0 Å². The number of hydrogen-bond acceptors (Lipinski definition) is 6. The van der Waals surface area contributed by atoms with Gasteiger partial charge in [0.15, 0.2) is 5.13 Å². The molecular formula is C20H23N5OS. The first-order valence-corrected chi connectivity index (χ1v) is 10.1. The number of carbonyl (C=O) groups is 1. The van der Waals surface area contributed by atoms with Gasteiger partial charge in [-0.3, -0.25) is 4.79 Å². The maximum atomic E-state index is 12.3. The highest BCUT2D eigenvalue weighted by Crippen LogP contribution is 2.30. The number of amides is 1. The molecule has 7 heteroatoms. The molecule has 4 rings (SSSR count). The number of rotatable bonds is 4. The first-order chi connectivity index (χ1) is 13.2. The van der Waals surface area contributed by atoms with Crippen LogP contribution < -0.4 is 4.90 Å². The van der Waals surface area contributed by atoms with Gasteiger partial charge in [-0.2, -0.15) is 0 Å². The van der Waals surface area contributed by atoms with Crippen LogP contribution in [0.25, 0.3) is 10.2 Å². The molecule has 1 aliphatic heterocycles. The van der Waals surface area contributed by atoms with E-state index < -0.39 is 0 Å². The summed E-state index contributed by atoms with van der Waals surface area (Å²) in [6.07, 6.45) is 8.09. The van der Waals surface area contributed by atoms with Crippen LogP contribution in [0.15, 0.2) is 43.0 Å². The maximum Gasteiger partial charge on any atom is 0.219 e. The molecule has 0 radical (unpaired) electrons. The van der Waals surface area contributed by atoms with Crippen LogP contribution in [0, 0.1) is 0 Å². The van der Waals surface area contributed by atoms with E-state index in [1.807, 2.05) is 11.0 Å². The van der Waals surface area contributed by atoms with Crippen LogP contribution in [-0.4, -0.2) is 44.9 Å². The number of anilines is 1. The Morgan fingerprint density at radius 3 is 2.81 bits per heavy atom. The smallest absolute Gasteiger partial charge is 0.219 e. The second-order valence-corrected chi connectivity index (χ2v) is 7.94. The molecule has 1 aromatic carbocycles. The van der Waals surface area contributed by atoms with Crippen molar-refractivity contribution >= 4 is 32.6 Å². The average molecular weight is 382 g/mol. The summed E-state index contributed by atoms with van der Waals surface area (Å²) < 4.78 is 1.22. The van der Waals surface area contributed by atoms with E-state index in [9.17, 15) is 4.79 Å². The van der Waals surface area contributed by atoms with Crippen molar-refractivity contribution < 1.29 is 4.79 Å². The van der Waals surface area contributed by atoms with Crippen LogP contribution in [0.3, 0.4) is 0 Å². The highest BCUT2D eigenvalue weighted by atomic mass is 32.1. The van der Waals surface area contributed by atoms with Gasteiger partial charge in [0.1, 0.15) is 6.33 Å². The van der Waals surface area contributed by atoms with Crippen molar-refractivity contribution in [2.24, 2.45) is 0 Å². The summed E-state index contributed by atoms with van der Waals surface area (Å²) in [6.45, 7) is 4.12. The van der Waals surface area contributed by atoms with Crippen LogP contribution in [-0.2, 0) is 11.3 Å². The largest absolute Gasteiger partial charge is 0.348 e. The Labute approximate surface area is 162 Å². The predicted molar refractivity (Wildman–Crippen MR) is 108 cm³/mol. The van der Waals surface area contributed by atoms with Gasteiger partial charge in [-0.1, -0.05) is 23.5 Å². The minimum Gasteiger partial charge on any atom is -0.348 e. The molecule has 6 nitrogen and oxygen atoms in total.